The number of rotatable bonds is 4. The van der Waals surface area contributed by atoms with Gasteiger partial charge in [0.15, 0.2) is 0 Å². The van der Waals surface area contributed by atoms with E-state index in [4.69, 9.17) is 0 Å². The largest absolute Gasteiger partial charge is 0.346 e. The van der Waals surface area contributed by atoms with E-state index in [2.05, 4.69) is 5.32 Å². The highest BCUT2D eigenvalue weighted by Crippen LogP contribution is 2.30. The van der Waals surface area contributed by atoms with Crippen molar-refractivity contribution in [2.24, 2.45) is 0 Å². The SMILES string of the molecule is CC(NC(=O)c1ccc2c(c1)CCCN2S(C)(=O)=O)c1ccc(F)cc1. The average Bonchev–Trinajstić information content (AvgIpc) is 2.60. The molecule has 0 bridgehead atoms. The average molecular weight is 376 g/mol. The number of fused-ring (bicyclic) bond motifs is 1. The van der Waals surface area contributed by atoms with E-state index in [1.165, 1.54) is 22.7 Å². The van der Waals surface area contributed by atoms with E-state index in [-0.39, 0.29) is 17.8 Å². The van der Waals surface area contributed by atoms with E-state index < -0.39 is 10.0 Å². The highest BCUT2D eigenvalue weighted by atomic mass is 32.2. The summed E-state index contributed by atoms with van der Waals surface area (Å²) in [5.74, 6) is -0.571. The summed E-state index contributed by atoms with van der Waals surface area (Å²) in [5, 5.41) is 2.89. The Balaban J connectivity index is 1.79. The molecule has 1 unspecified atom stereocenters. The molecule has 1 amide bonds. The topological polar surface area (TPSA) is 66.5 Å². The standard InChI is InChI=1S/C19H21FN2O3S/c1-13(14-5-8-17(20)9-6-14)21-19(23)16-7-10-18-15(12-16)4-3-11-22(18)26(2,24)25/h5-10,12-13H,3-4,11H2,1-2H3,(H,21,23). The van der Waals surface area contributed by atoms with Crippen LogP contribution in [-0.4, -0.2) is 27.1 Å². The number of carbonyl (C=O) groups excluding carboxylic acids is 1. The highest BCUT2D eigenvalue weighted by Gasteiger charge is 2.25. The Morgan fingerprint density at radius 1 is 1.19 bits per heavy atom. The third kappa shape index (κ3) is 3.88. The first-order valence-electron chi connectivity index (χ1n) is 8.42. The normalized spacial score (nSPS) is 15.3. The van der Waals surface area contributed by atoms with Crippen molar-refractivity contribution in [2.75, 3.05) is 17.1 Å². The van der Waals surface area contributed by atoms with Gasteiger partial charge in [-0.1, -0.05) is 12.1 Å². The Kier molecular flexibility index (Phi) is 5.00. The molecule has 1 atom stereocenters. The van der Waals surface area contributed by atoms with Crippen molar-refractivity contribution >= 4 is 21.6 Å². The Morgan fingerprint density at radius 2 is 1.88 bits per heavy atom. The monoisotopic (exact) mass is 376 g/mol. The number of carbonyl (C=O) groups is 1. The molecule has 1 heterocycles. The van der Waals surface area contributed by atoms with Crippen LogP contribution in [0.25, 0.3) is 0 Å². The van der Waals surface area contributed by atoms with Gasteiger partial charge in [-0.25, -0.2) is 12.8 Å². The molecule has 0 fully saturated rings. The molecule has 26 heavy (non-hydrogen) atoms. The first-order chi connectivity index (χ1) is 12.3. The molecule has 0 aromatic heterocycles. The zero-order valence-corrected chi connectivity index (χ0v) is 15.5. The Hall–Kier alpha value is -2.41. The Labute approximate surface area is 152 Å². The molecule has 0 aliphatic carbocycles. The second kappa shape index (κ2) is 7.07. The molecule has 0 spiro atoms. The van der Waals surface area contributed by atoms with Crippen LogP contribution in [0.4, 0.5) is 10.1 Å². The highest BCUT2D eigenvalue weighted by molar-refractivity contribution is 7.92. The zero-order valence-electron chi connectivity index (χ0n) is 14.7. The summed E-state index contributed by atoms with van der Waals surface area (Å²) in [5.41, 5.74) is 2.78. The maximum Gasteiger partial charge on any atom is 0.251 e. The molecule has 138 valence electrons. The molecule has 0 radical (unpaired) electrons. The van der Waals surface area contributed by atoms with Crippen LogP contribution in [0.2, 0.25) is 0 Å². The van der Waals surface area contributed by atoms with Gasteiger partial charge in [-0.05, 0) is 61.2 Å². The van der Waals surface area contributed by atoms with Crippen LogP contribution in [0.3, 0.4) is 0 Å². The van der Waals surface area contributed by atoms with Gasteiger partial charge in [0.1, 0.15) is 5.82 Å². The van der Waals surface area contributed by atoms with E-state index in [0.717, 1.165) is 24.0 Å². The fourth-order valence-corrected chi connectivity index (χ4v) is 4.16. The molecule has 1 aliphatic rings. The minimum atomic E-state index is -3.33. The minimum absolute atomic E-state index is 0.249. The number of hydrogen-bond donors (Lipinski definition) is 1. The molecule has 0 saturated heterocycles. The van der Waals surface area contributed by atoms with Crippen LogP contribution in [0.5, 0.6) is 0 Å². The van der Waals surface area contributed by atoms with E-state index in [1.807, 2.05) is 6.92 Å². The summed E-state index contributed by atoms with van der Waals surface area (Å²) in [4.78, 5) is 12.5. The van der Waals surface area contributed by atoms with Crippen LogP contribution in [0.1, 0.15) is 40.9 Å². The van der Waals surface area contributed by atoms with Gasteiger partial charge >= 0.3 is 0 Å². The smallest absolute Gasteiger partial charge is 0.251 e. The lowest BCUT2D eigenvalue weighted by molar-refractivity contribution is 0.0940. The van der Waals surface area contributed by atoms with Crippen LogP contribution in [0, 0.1) is 5.82 Å². The second-order valence-corrected chi connectivity index (χ2v) is 8.44. The molecular weight excluding hydrogens is 355 g/mol. The fraction of sp³-hybridized carbons (Fsp3) is 0.316. The number of sulfonamides is 1. The summed E-state index contributed by atoms with van der Waals surface area (Å²) in [6, 6.07) is 10.8. The van der Waals surface area contributed by atoms with Gasteiger partial charge in [0.05, 0.1) is 18.0 Å². The number of nitrogens with one attached hydrogen (secondary N) is 1. The third-order valence-corrected chi connectivity index (χ3v) is 5.72. The van der Waals surface area contributed by atoms with Gasteiger partial charge in [-0.2, -0.15) is 0 Å². The van der Waals surface area contributed by atoms with Gasteiger partial charge in [0, 0.05) is 12.1 Å². The van der Waals surface area contributed by atoms with Gasteiger partial charge in [0.25, 0.3) is 5.91 Å². The van der Waals surface area contributed by atoms with E-state index in [1.54, 1.807) is 30.3 Å². The lowest BCUT2D eigenvalue weighted by Gasteiger charge is -2.29. The van der Waals surface area contributed by atoms with Crippen LogP contribution in [0.15, 0.2) is 42.5 Å². The van der Waals surface area contributed by atoms with Gasteiger partial charge < -0.3 is 5.32 Å². The number of anilines is 1. The lowest BCUT2D eigenvalue weighted by atomic mass is 10.00. The molecule has 2 aromatic carbocycles. The lowest BCUT2D eigenvalue weighted by Crippen LogP contribution is -2.35. The fourth-order valence-electron chi connectivity index (χ4n) is 3.16. The number of nitrogens with zero attached hydrogens (tertiary/aromatic N) is 1. The quantitative estimate of drug-likeness (QED) is 0.892. The molecular formula is C19H21FN2O3S. The number of hydrogen-bond acceptors (Lipinski definition) is 3. The summed E-state index contributed by atoms with van der Waals surface area (Å²) in [7, 11) is -3.33. The predicted molar refractivity (Wildman–Crippen MR) is 99.2 cm³/mol. The van der Waals surface area contributed by atoms with E-state index in [0.29, 0.717) is 17.8 Å². The van der Waals surface area contributed by atoms with Gasteiger partial charge in [0.2, 0.25) is 10.0 Å². The van der Waals surface area contributed by atoms with Crippen molar-refractivity contribution in [1.29, 1.82) is 0 Å². The molecule has 2 aromatic rings. The molecule has 1 N–H and O–H groups in total. The maximum atomic E-state index is 13.0. The van der Waals surface area contributed by atoms with Crippen molar-refractivity contribution in [2.45, 2.75) is 25.8 Å². The molecule has 7 heteroatoms. The van der Waals surface area contributed by atoms with Crippen molar-refractivity contribution in [3.8, 4) is 0 Å². The van der Waals surface area contributed by atoms with Gasteiger partial charge in [-0.15, -0.1) is 0 Å². The Morgan fingerprint density at radius 3 is 2.54 bits per heavy atom. The first-order valence-corrected chi connectivity index (χ1v) is 10.3. The second-order valence-electron chi connectivity index (χ2n) is 6.53. The number of halogens is 1. The van der Waals surface area contributed by atoms with Crippen LogP contribution < -0.4 is 9.62 Å². The Bertz CT molecular complexity index is 926. The van der Waals surface area contributed by atoms with E-state index in [9.17, 15) is 17.6 Å². The zero-order chi connectivity index (χ0) is 18.9. The van der Waals surface area contributed by atoms with Crippen molar-refractivity contribution in [1.82, 2.24) is 5.32 Å². The summed E-state index contributed by atoms with van der Waals surface area (Å²) in [6.07, 6.45) is 2.64. The number of benzene rings is 2. The number of aryl methyl sites for hydroxylation is 1. The predicted octanol–water partition coefficient (Wildman–Crippen LogP) is 3.03. The summed E-state index contributed by atoms with van der Waals surface area (Å²) >= 11 is 0. The van der Waals surface area contributed by atoms with Crippen molar-refractivity contribution < 1.29 is 17.6 Å². The minimum Gasteiger partial charge on any atom is -0.346 e. The molecule has 1 aliphatic heterocycles. The third-order valence-electron chi connectivity index (χ3n) is 4.54. The molecule has 0 saturated carbocycles. The molecule has 3 rings (SSSR count). The maximum absolute atomic E-state index is 13.0. The molecule has 5 nitrogen and oxygen atoms in total. The number of amides is 1. The first kappa shape index (κ1) is 18.4. The summed E-state index contributed by atoms with van der Waals surface area (Å²) < 4.78 is 38.2. The van der Waals surface area contributed by atoms with E-state index >= 15 is 0 Å². The van der Waals surface area contributed by atoms with Gasteiger partial charge in [-0.3, -0.25) is 9.10 Å². The van der Waals surface area contributed by atoms with Crippen molar-refractivity contribution in [3.05, 3.63) is 65.0 Å². The van der Waals surface area contributed by atoms with Crippen LogP contribution in [-0.2, 0) is 16.4 Å². The van der Waals surface area contributed by atoms with Crippen molar-refractivity contribution in [3.63, 3.8) is 0 Å². The summed E-state index contributed by atoms with van der Waals surface area (Å²) in [6.45, 7) is 2.29. The van der Waals surface area contributed by atoms with Crippen LogP contribution >= 0.6 is 0 Å².